The summed E-state index contributed by atoms with van der Waals surface area (Å²) in [5, 5.41) is 0. The monoisotopic (exact) mass is 166 g/mol. The Morgan fingerprint density at radius 1 is 1.60 bits per heavy atom. The predicted octanol–water partition coefficient (Wildman–Crippen LogP) is -1.20. The van der Waals surface area contributed by atoms with Gasteiger partial charge in [-0.05, 0) is 0 Å². The van der Waals surface area contributed by atoms with Crippen molar-refractivity contribution in [1.82, 2.24) is 0 Å². The summed E-state index contributed by atoms with van der Waals surface area (Å²) in [7, 11) is -4.44. The third kappa shape index (κ3) is 2.03. The summed E-state index contributed by atoms with van der Waals surface area (Å²) >= 11 is 0. The van der Waals surface area contributed by atoms with Gasteiger partial charge in [-0.3, -0.25) is 4.55 Å². The minimum atomic E-state index is -4.44. The molecule has 7 heteroatoms. The van der Waals surface area contributed by atoms with Crippen molar-refractivity contribution in [3.8, 4) is 0 Å². The van der Waals surface area contributed by atoms with Crippen molar-refractivity contribution in [3.63, 3.8) is 0 Å². The molecule has 0 fully saturated rings. The molecule has 0 aliphatic carbocycles. The lowest BCUT2D eigenvalue weighted by molar-refractivity contribution is -0.859. The molecule has 0 radical (unpaired) electrons. The van der Waals surface area contributed by atoms with Gasteiger partial charge in [-0.2, -0.15) is 8.42 Å². The van der Waals surface area contributed by atoms with Gasteiger partial charge in [0.15, 0.2) is 6.26 Å². The van der Waals surface area contributed by atoms with Crippen LogP contribution >= 0.6 is 0 Å². The Morgan fingerprint density at radius 3 is 2.70 bits per heavy atom. The first kappa shape index (κ1) is 7.03. The van der Waals surface area contributed by atoms with Gasteiger partial charge in [0, 0.05) is 0 Å². The van der Waals surface area contributed by atoms with E-state index in [-0.39, 0.29) is 0 Å². The van der Waals surface area contributed by atoms with Gasteiger partial charge in [0.1, 0.15) is 0 Å². The molecule has 1 N–H and O–H groups in total. The molecule has 1 heterocycles. The summed E-state index contributed by atoms with van der Waals surface area (Å²) < 4.78 is 37.0. The first-order valence-electron chi connectivity index (χ1n) is 2.19. The van der Waals surface area contributed by atoms with Crippen LogP contribution in [0.2, 0.25) is 0 Å². The molecule has 10 heavy (non-hydrogen) atoms. The van der Waals surface area contributed by atoms with E-state index >= 15 is 0 Å². The third-order valence-corrected chi connectivity index (χ3v) is 0.992. The van der Waals surface area contributed by atoms with E-state index in [1.165, 1.54) is 12.5 Å². The van der Waals surface area contributed by atoms with Crippen molar-refractivity contribution in [2.45, 2.75) is 0 Å². The number of hydrogen-bond donors (Lipinski definition) is 1. The summed E-state index contributed by atoms with van der Waals surface area (Å²) in [6.45, 7) is 0. The van der Waals surface area contributed by atoms with Crippen LogP contribution in [0.25, 0.3) is 0 Å². The molecular weight excluding hydrogens is 162 g/mol. The van der Waals surface area contributed by atoms with Gasteiger partial charge in [-0.25, -0.2) is 0 Å². The molecule has 0 saturated carbocycles. The van der Waals surface area contributed by atoms with Crippen LogP contribution in [-0.4, -0.2) is 13.0 Å². The molecule has 1 aromatic rings. The number of oxazole rings is 1. The average molecular weight is 166 g/mol. The van der Waals surface area contributed by atoms with E-state index in [4.69, 9.17) is 4.55 Å². The van der Waals surface area contributed by atoms with Gasteiger partial charge in [0.25, 0.3) is 6.20 Å². The molecule has 56 valence electrons. The summed E-state index contributed by atoms with van der Waals surface area (Å²) in [6, 6.07) is 0. The van der Waals surface area contributed by atoms with E-state index in [9.17, 15) is 8.42 Å². The molecule has 0 aliphatic heterocycles. The second kappa shape index (κ2) is 2.27. The van der Waals surface area contributed by atoms with Crippen LogP contribution < -0.4 is 9.01 Å². The molecule has 1 rings (SSSR count). The predicted molar refractivity (Wildman–Crippen MR) is 27.0 cm³/mol. The normalized spacial score (nSPS) is 11.3. The van der Waals surface area contributed by atoms with Crippen LogP contribution in [0.5, 0.6) is 0 Å². The molecule has 0 bridgehead atoms. The van der Waals surface area contributed by atoms with Gasteiger partial charge < -0.3 is 4.42 Å². The maximum Gasteiger partial charge on any atom is 0.500 e. The van der Waals surface area contributed by atoms with E-state index < -0.39 is 10.4 Å². The molecule has 0 aliphatic rings. The quantitative estimate of drug-likeness (QED) is 0.440. The first-order valence-corrected chi connectivity index (χ1v) is 3.55. The summed E-state index contributed by atoms with van der Waals surface area (Å²) in [5.74, 6) is 0. The molecule has 6 nitrogen and oxygen atoms in total. The Kier molecular flexibility index (Phi) is 1.60. The van der Waals surface area contributed by atoms with Crippen molar-refractivity contribution < 1.29 is 26.4 Å². The molecule has 0 unspecified atom stereocenters. The van der Waals surface area contributed by atoms with Crippen LogP contribution in [0, 0.1) is 0 Å². The highest BCUT2D eigenvalue weighted by Gasteiger charge is 2.14. The van der Waals surface area contributed by atoms with Crippen molar-refractivity contribution in [2.75, 3.05) is 0 Å². The standard InChI is InChI=1S/C3H3NO5S/c5-10(6,7)9-4-1-2-8-3-4/h1-3H/p+1. The minimum absolute atomic E-state index is 0.704. The third-order valence-electron chi connectivity index (χ3n) is 0.631. The van der Waals surface area contributed by atoms with Crippen molar-refractivity contribution in [2.24, 2.45) is 0 Å². The fraction of sp³-hybridized carbons (Fsp3) is 0. The summed E-state index contributed by atoms with van der Waals surface area (Å²) in [4.78, 5) is 0. The maximum absolute atomic E-state index is 9.97. The Hall–Kier alpha value is -1.08. The van der Waals surface area contributed by atoms with Crippen LogP contribution in [0.1, 0.15) is 0 Å². The second-order valence-electron chi connectivity index (χ2n) is 1.39. The van der Waals surface area contributed by atoms with Crippen molar-refractivity contribution >= 4 is 10.4 Å². The van der Waals surface area contributed by atoms with Crippen molar-refractivity contribution in [1.29, 1.82) is 0 Å². The number of aromatic nitrogens is 1. The Labute approximate surface area is 56.6 Å². The fourth-order valence-corrected chi connectivity index (χ4v) is 0.679. The number of nitrogens with zero attached hydrogens (tertiary/aromatic N) is 1. The Bertz CT molecular complexity index is 287. The number of rotatable bonds is 2. The lowest BCUT2D eigenvalue weighted by Gasteiger charge is -1.84. The zero-order valence-corrected chi connectivity index (χ0v) is 5.48. The van der Waals surface area contributed by atoms with E-state index in [0.29, 0.717) is 4.73 Å². The summed E-state index contributed by atoms with van der Waals surface area (Å²) in [6.07, 6.45) is 3.33. The largest absolute Gasteiger partial charge is 0.500 e. The lowest BCUT2D eigenvalue weighted by Crippen LogP contribution is -2.43. The van der Waals surface area contributed by atoms with Gasteiger partial charge in [-0.15, -0.1) is 4.28 Å². The smallest absolute Gasteiger partial charge is 0.409 e. The highest BCUT2D eigenvalue weighted by molar-refractivity contribution is 7.80. The van der Waals surface area contributed by atoms with Gasteiger partial charge in [0.2, 0.25) is 0 Å². The zero-order valence-electron chi connectivity index (χ0n) is 4.67. The Morgan fingerprint density at radius 2 is 2.30 bits per heavy atom. The van der Waals surface area contributed by atoms with E-state index in [1.54, 1.807) is 0 Å². The fourth-order valence-electron chi connectivity index (χ4n) is 0.377. The topological polar surface area (TPSA) is 80.6 Å². The highest BCUT2D eigenvalue weighted by atomic mass is 32.3. The zero-order chi connectivity index (χ0) is 7.61. The van der Waals surface area contributed by atoms with E-state index in [2.05, 4.69) is 8.70 Å². The Balaban J connectivity index is 2.75. The van der Waals surface area contributed by atoms with Crippen LogP contribution in [0.3, 0.4) is 0 Å². The number of hydrogen-bond acceptors (Lipinski definition) is 4. The SMILES string of the molecule is O=S(=O)(O)O[n+]1ccoc1. The lowest BCUT2D eigenvalue weighted by atomic mass is 11.0. The molecule has 1 aromatic heterocycles. The van der Waals surface area contributed by atoms with Crippen LogP contribution in [0.15, 0.2) is 23.3 Å². The van der Waals surface area contributed by atoms with E-state index in [0.717, 1.165) is 6.39 Å². The minimum Gasteiger partial charge on any atom is -0.409 e. The van der Waals surface area contributed by atoms with Crippen LogP contribution in [-0.2, 0) is 10.4 Å². The van der Waals surface area contributed by atoms with Crippen LogP contribution in [0.4, 0.5) is 0 Å². The van der Waals surface area contributed by atoms with Crippen molar-refractivity contribution in [3.05, 3.63) is 18.9 Å². The molecule has 0 aromatic carbocycles. The second-order valence-corrected chi connectivity index (χ2v) is 2.39. The maximum atomic E-state index is 9.97. The van der Waals surface area contributed by atoms with E-state index in [1.807, 2.05) is 0 Å². The molecule has 0 atom stereocenters. The molecule has 0 saturated heterocycles. The molecular formula is C3H4NO5S+. The highest BCUT2D eigenvalue weighted by Crippen LogP contribution is 1.76. The van der Waals surface area contributed by atoms with Gasteiger partial charge in [0.05, 0.1) is 4.73 Å². The summed E-state index contributed by atoms with van der Waals surface area (Å²) in [5.41, 5.74) is 0. The van der Waals surface area contributed by atoms with Gasteiger partial charge in [-0.1, -0.05) is 0 Å². The van der Waals surface area contributed by atoms with Gasteiger partial charge >= 0.3 is 16.8 Å². The average Bonchev–Trinajstić information content (AvgIpc) is 2.12. The first-order chi connectivity index (χ1) is 4.58. The molecule has 0 amide bonds. The molecule has 0 spiro atoms.